The average molecular weight is 620 g/mol. The van der Waals surface area contributed by atoms with Crippen LogP contribution in [0.4, 0.5) is 5.69 Å². The first-order chi connectivity index (χ1) is 23.8. The fourth-order valence-corrected chi connectivity index (χ4v) is 9.70. The van der Waals surface area contributed by atoms with Gasteiger partial charge in [0.2, 0.25) is 0 Å². The molecule has 0 N–H and O–H groups in total. The molecule has 3 aliphatic heterocycles. The lowest BCUT2D eigenvalue weighted by Crippen LogP contribution is -2.38. The van der Waals surface area contributed by atoms with Gasteiger partial charge in [0.05, 0.1) is 40.2 Å². The Hall–Kier alpha value is -5.53. The molecule has 4 heterocycles. The van der Waals surface area contributed by atoms with Gasteiger partial charge in [0.1, 0.15) is 6.10 Å². The highest BCUT2D eigenvalue weighted by Gasteiger charge is 2.55. The minimum atomic E-state index is 0.0985. The van der Waals surface area contributed by atoms with E-state index in [-0.39, 0.29) is 12.1 Å². The number of nitriles is 1. The second-order valence-corrected chi connectivity index (χ2v) is 14.2. The van der Waals surface area contributed by atoms with Crippen LogP contribution in [0.15, 0.2) is 138 Å². The van der Waals surface area contributed by atoms with Crippen LogP contribution in [0.25, 0.3) is 44.7 Å². The van der Waals surface area contributed by atoms with Crippen LogP contribution < -0.4 is 4.90 Å². The van der Waals surface area contributed by atoms with Crippen molar-refractivity contribution in [3.8, 4) is 22.9 Å². The molecule has 1 fully saturated rings. The van der Waals surface area contributed by atoms with Gasteiger partial charge in [-0.05, 0) is 77.8 Å². The van der Waals surface area contributed by atoms with Crippen molar-refractivity contribution in [3.63, 3.8) is 0 Å². The number of rotatable bonds is 2. The Kier molecular flexibility index (Phi) is 5.39. The number of ether oxygens (including phenoxy) is 1. The number of hydrogen-bond acceptors (Lipinski definition) is 3. The van der Waals surface area contributed by atoms with E-state index in [4.69, 9.17) is 4.74 Å². The molecule has 1 saturated carbocycles. The summed E-state index contributed by atoms with van der Waals surface area (Å²) in [6, 6.07) is 33.0. The quantitative estimate of drug-likeness (QED) is 0.197. The van der Waals surface area contributed by atoms with Crippen molar-refractivity contribution >= 4 is 33.6 Å². The second kappa shape index (κ2) is 9.75. The fourth-order valence-electron chi connectivity index (χ4n) is 9.70. The molecule has 0 radical (unpaired) electrons. The zero-order chi connectivity index (χ0) is 31.5. The summed E-state index contributed by atoms with van der Waals surface area (Å²) in [6.07, 6.45) is 18.1. The number of hydrogen-bond donors (Lipinski definition) is 0. The van der Waals surface area contributed by atoms with Crippen LogP contribution in [-0.2, 0) is 4.74 Å². The van der Waals surface area contributed by atoms with E-state index in [9.17, 15) is 5.26 Å². The molecular weight excluding hydrogens is 587 g/mol. The van der Waals surface area contributed by atoms with Crippen molar-refractivity contribution in [2.75, 3.05) is 4.90 Å². The van der Waals surface area contributed by atoms with Crippen molar-refractivity contribution in [2.24, 2.45) is 17.8 Å². The van der Waals surface area contributed by atoms with Crippen LogP contribution in [0.5, 0.6) is 0 Å². The Morgan fingerprint density at radius 1 is 0.792 bits per heavy atom. The van der Waals surface area contributed by atoms with Crippen LogP contribution in [0.3, 0.4) is 0 Å². The smallest absolute Gasteiger partial charge is 0.121 e. The highest BCUT2D eigenvalue weighted by Crippen LogP contribution is 2.61. The van der Waals surface area contributed by atoms with E-state index in [0.717, 1.165) is 47.1 Å². The van der Waals surface area contributed by atoms with E-state index < -0.39 is 0 Å². The van der Waals surface area contributed by atoms with E-state index in [1.165, 1.54) is 45.5 Å². The molecule has 4 aromatic carbocycles. The topological polar surface area (TPSA) is 41.2 Å². The van der Waals surface area contributed by atoms with Gasteiger partial charge in [0.15, 0.2) is 0 Å². The van der Waals surface area contributed by atoms with Crippen molar-refractivity contribution in [1.29, 1.82) is 5.26 Å². The van der Waals surface area contributed by atoms with E-state index in [1.807, 2.05) is 0 Å². The van der Waals surface area contributed by atoms with E-state index in [0.29, 0.717) is 23.3 Å². The molecule has 0 amide bonds. The predicted molar refractivity (Wildman–Crippen MR) is 192 cm³/mol. The largest absolute Gasteiger partial charge is 0.490 e. The summed E-state index contributed by atoms with van der Waals surface area (Å²) < 4.78 is 8.88. The monoisotopic (exact) mass is 619 g/mol. The zero-order valence-corrected chi connectivity index (χ0v) is 26.5. The molecule has 2 bridgehead atoms. The van der Waals surface area contributed by atoms with Gasteiger partial charge in [-0.15, -0.1) is 0 Å². The van der Waals surface area contributed by atoms with Crippen LogP contribution in [-0.4, -0.2) is 16.7 Å². The van der Waals surface area contributed by atoms with Gasteiger partial charge in [0, 0.05) is 52.0 Å². The lowest BCUT2D eigenvalue weighted by molar-refractivity contribution is 0.171. The van der Waals surface area contributed by atoms with Crippen LogP contribution >= 0.6 is 0 Å². The molecule has 0 saturated heterocycles. The number of fused-ring (bicyclic) bond motifs is 10. The molecule has 1 aromatic heterocycles. The van der Waals surface area contributed by atoms with Crippen molar-refractivity contribution in [3.05, 3.63) is 149 Å². The maximum absolute atomic E-state index is 10.8. The number of benzene rings is 4. The molecule has 0 spiro atoms. The normalized spacial score (nSPS) is 26.6. The molecule has 11 rings (SSSR count). The lowest BCUT2D eigenvalue weighted by atomic mass is 9.77. The van der Waals surface area contributed by atoms with Gasteiger partial charge in [-0.3, -0.25) is 0 Å². The second-order valence-electron chi connectivity index (χ2n) is 14.2. The summed E-state index contributed by atoms with van der Waals surface area (Å²) in [7, 11) is 0. The van der Waals surface area contributed by atoms with Gasteiger partial charge >= 0.3 is 0 Å². The summed E-state index contributed by atoms with van der Waals surface area (Å²) in [5.41, 5.74) is 13.0. The molecule has 230 valence electrons. The predicted octanol–water partition coefficient (Wildman–Crippen LogP) is 10.0. The Balaban J connectivity index is 1.14. The van der Waals surface area contributed by atoms with Crippen molar-refractivity contribution in [2.45, 2.75) is 37.8 Å². The Morgan fingerprint density at radius 3 is 2.46 bits per heavy atom. The SMILES string of the molecule is N#Cc1cc(-n2c3ccccc3c3ccccc32)ccc1-c1cccc2c1N1C3=C(C4CC4C=C3)C3CCC4=C(CC(/C=C\C=C2)O4)C31. The van der Waals surface area contributed by atoms with E-state index in [1.54, 1.807) is 5.57 Å². The van der Waals surface area contributed by atoms with Gasteiger partial charge in [-0.1, -0.05) is 85.0 Å². The minimum absolute atomic E-state index is 0.0985. The fraction of sp³-hybridized carbons (Fsp3) is 0.205. The Morgan fingerprint density at radius 2 is 1.62 bits per heavy atom. The molecule has 5 unspecified atom stereocenters. The first-order valence-corrected chi connectivity index (χ1v) is 17.4. The van der Waals surface area contributed by atoms with Crippen molar-refractivity contribution < 1.29 is 4.74 Å². The first kappa shape index (κ1) is 26.5. The molecule has 48 heavy (non-hydrogen) atoms. The molecule has 5 atom stereocenters. The summed E-state index contributed by atoms with van der Waals surface area (Å²) >= 11 is 0. The molecule has 5 aromatic rings. The number of allylic oxidation sites excluding steroid dienone is 5. The van der Waals surface area contributed by atoms with Gasteiger partial charge in [0.25, 0.3) is 0 Å². The molecule has 3 aliphatic carbocycles. The van der Waals surface area contributed by atoms with Crippen LogP contribution in [0, 0.1) is 29.1 Å². The standard InChI is InChI=1S/C44H33N3O/c45-25-28-22-29(46-38-14-5-3-11-32(38)33-12-4-6-15-39(33)46)17-18-31(28)34-13-7-9-26-8-1-2-10-30-24-37-41(48-30)21-19-35-42-36-23-27(36)16-20-40(42)47(43(26)34)44(35)37/h1-18,20,22,27,30,35-36,44H,19,21,23-24H2/b8-1?,10-2-. The maximum atomic E-state index is 10.8. The van der Waals surface area contributed by atoms with Gasteiger partial charge in [-0.2, -0.15) is 5.26 Å². The summed E-state index contributed by atoms with van der Waals surface area (Å²) in [5.74, 6) is 3.08. The summed E-state index contributed by atoms with van der Waals surface area (Å²) in [4.78, 5) is 2.67. The maximum Gasteiger partial charge on any atom is 0.121 e. The van der Waals surface area contributed by atoms with Gasteiger partial charge < -0.3 is 14.2 Å². The third-order valence-electron chi connectivity index (χ3n) is 11.7. The van der Waals surface area contributed by atoms with Crippen molar-refractivity contribution in [1.82, 2.24) is 4.57 Å². The Labute approximate surface area is 279 Å². The highest BCUT2D eigenvalue weighted by atomic mass is 16.5. The number of nitrogens with zero attached hydrogens (tertiary/aromatic N) is 3. The summed E-state index contributed by atoms with van der Waals surface area (Å²) in [6.45, 7) is 0. The van der Waals surface area contributed by atoms with E-state index in [2.05, 4.69) is 137 Å². The third-order valence-corrected chi connectivity index (χ3v) is 11.7. The van der Waals surface area contributed by atoms with Gasteiger partial charge in [-0.25, -0.2) is 0 Å². The average Bonchev–Trinajstić information content (AvgIpc) is 3.52. The molecular formula is C44H33N3O. The number of para-hydroxylation sites is 3. The molecule has 4 heteroatoms. The highest BCUT2D eigenvalue weighted by molar-refractivity contribution is 6.09. The van der Waals surface area contributed by atoms with Crippen LogP contribution in [0.1, 0.15) is 36.8 Å². The zero-order valence-electron chi connectivity index (χ0n) is 26.5. The third kappa shape index (κ3) is 3.59. The first-order valence-electron chi connectivity index (χ1n) is 17.4. The lowest BCUT2D eigenvalue weighted by Gasteiger charge is -2.37. The van der Waals surface area contributed by atoms with Crippen LogP contribution in [0.2, 0.25) is 0 Å². The summed E-state index contributed by atoms with van der Waals surface area (Å²) in [5, 5.41) is 13.2. The Bertz CT molecular complexity index is 2390. The molecule has 6 aliphatic rings. The van der Waals surface area contributed by atoms with E-state index >= 15 is 0 Å². The minimum Gasteiger partial charge on any atom is -0.490 e. The number of anilines is 1. The number of aromatic nitrogens is 1. The molecule has 4 nitrogen and oxygen atoms in total.